The van der Waals surface area contributed by atoms with Gasteiger partial charge in [0.15, 0.2) is 5.13 Å². The van der Waals surface area contributed by atoms with Crippen molar-refractivity contribution in [2.75, 3.05) is 56.6 Å². The van der Waals surface area contributed by atoms with Crippen LogP contribution < -0.4 is 11.1 Å². The SMILES string of the molecule is Nc1nc(C(=NOC2CCCC2)C(=O)NC2C(=O)N3CC(CSc4nnnn4CCCN4CCOCC4)(C(=O)O)CS[C@H]23)ns1. The Hall–Kier alpha value is -3.07. The van der Waals surface area contributed by atoms with E-state index >= 15 is 0 Å². The number of β-lactam (4-membered cyclic amide) rings is 1. The molecule has 6 rings (SSSR count). The second-order valence-electron chi connectivity index (χ2n) is 11.4. The Labute approximate surface area is 271 Å². The van der Waals surface area contributed by atoms with Crippen molar-refractivity contribution in [3.05, 3.63) is 5.82 Å². The fraction of sp³-hybridized carbons (Fsp3) is 0.720. The molecule has 244 valence electrons. The van der Waals surface area contributed by atoms with Crippen molar-refractivity contribution in [2.45, 2.75) is 61.3 Å². The standard InChI is InChI=1S/C25H35N11O6S3/c26-23-28-18(31-45-23)16(30-42-15-4-1-2-5-15)19(37)27-17-20(38)35-12-25(22(39)40,13-43-21(17)35)14-44-24-29-32-33-36(24)7-3-6-34-8-10-41-11-9-34/h15,17,21H,1-14H2,(H,27,37)(H,39,40)(H2,26,28,31)/t17?,21-,25?/m1/s1. The number of nitrogen functional groups attached to an aromatic ring is 1. The number of tetrazole rings is 1. The summed E-state index contributed by atoms with van der Waals surface area (Å²) in [6.07, 6.45) is 4.48. The number of carboxylic acid groups (broad SMARTS) is 1. The summed E-state index contributed by atoms with van der Waals surface area (Å²) in [6, 6.07) is -0.853. The number of carbonyl (C=O) groups excluding carboxylic acids is 2. The smallest absolute Gasteiger partial charge is 0.313 e. The zero-order valence-corrected chi connectivity index (χ0v) is 26.9. The number of morpholine rings is 1. The van der Waals surface area contributed by atoms with Crippen LogP contribution in [-0.4, -0.2) is 136 Å². The number of aromatic nitrogens is 6. The van der Waals surface area contributed by atoms with Crippen LogP contribution in [0.2, 0.25) is 0 Å². The van der Waals surface area contributed by atoms with Crippen LogP contribution in [0.1, 0.15) is 37.9 Å². The summed E-state index contributed by atoms with van der Waals surface area (Å²) < 4.78 is 11.2. The largest absolute Gasteiger partial charge is 0.481 e. The van der Waals surface area contributed by atoms with Gasteiger partial charge in [-0.3, -0.25) is 19.3 Å². The molecule has 1 saturated carbocycles. The fourth-order valence-corrected chi connectivity index (χ4v) is 8.86. The molecule has 0 bridgehead atoms. The number of thioether (sulfide) groups is 2. The number of aryl methyl sites for hydroxylation is 1. The molecule has 3 aliphatic heterocycles. The lowest BCUT2D eigenvalue weighted by Crippen LogP contribution is -2.74. The summed E-state index contributed by atoms with van der Waals surface area (Å²) in [5, 5.41) is 29.4. The van der Waals surface area contributed by atoms with E-state index in [4.69, 9.17) is 15.3 Å². The summed E-state index contributed by atoms with van der Waals surface area (Å²) in [4.78, 5) is 52.6. The van der Waals surface area contributed by atoms with Crippen LogP contribution in [0.15, 0.2) is 10.3 Å². The van der Waals surface area contributed by atoms with Gasteiger partial charge in [-0.1, -0.05) is 16.9 Å². The van der Waals surface area contributed by atoms with Gasteiger partial charge in [0.25, 0.3) is 5.91 Å². The number of aliphatic carboxylic acids is 1. The number of nitrogens with one attached hydrogen (secondary N) is 1. The molecule has 20 heteroatoms. The molecule has 2 amide bonds. The number of anilines is 1. The first-order chi connectivity index (χ1) is 21.8. The van der Waals surface area contributed by atoms with Crippen molar-refractivity contribution in [1.82, 2.24) is 44.7 Å². The molecule has 5 heterocycles. The maximum atomic E-state index is 13.3. The van der Waals surface area contributed by atoms with E-state index in [1.54, 1.807) is 4.68 Å². The molecule has 3 atom stereocenters. The highest BCUT2D eigenvalue weighted by Crippen LogP contribution is 2.44. The number of carbonyl (C=O) groups is 3. The van der Waals surface area contributed by atoms with Crippen molar-refractivity contribution in [2.24, 2.45) is 10.6 Å². The Morgan fingerprint density at radius 2 is 2.04 bits per heavy atom. The second kappa shape index (κ2) is 14.1. The van der Waals surface area contributed by atoms with Crippen molar-refractivity contribution >= 4 is 63.7 Å². The summed E-state index contributed by atoms with van der Waals surface area (Å²) in [5.41, 5.74) is 4.36. The lowest BCUT2D eigenvalue weighted by molar-refractivity contribution is -0.157. The minimum Gasteiger partial charge on any atom is -0.481 e. The summed E-state index contributed by atoms with van der Waals surface area (Å²) in [6.45, 7) is 4.78. The zero-order valence-electron chi connectivity index (χ0n) is 24.4. The number of rotatable bonds is 13. The monoisotopic (exact) mass is 681 g/mol. The number of hydrogen-bond donors (Lipinski definition) is 3. The first-order valence-electron chi connectivity index (χ1n) is 14.8. The molecule has 2 aromatic heterocycles. The van der Waals surface area contributed by atoms with Gasteiger partial charge in [0.2, 0.25) is 22.6 Å². The van der Waals surface area contributed by atoms with Gasteiger partial charge in [-0.05, 0) is 42.5 Å². The average molecular weight is 682 g/mol. The second-order valence-corrected chi connectivity index (χ2v) is 14.2. The number of oxime groups is 1. The van der Waals surface area contributed by atoms with Gasteiger partial charge >= 0.3 is 5.97 Å². The van der Waals surface area contributed by atoms with Crippen LogP contribution >= 0.6 is 35.1 Å². The van der Waals surface area contributed by atoms with Crippen molar-refractivity contribution in [1.29, 1.82) is 0 Å². The summed E-state index contributed by atoms with van der Waals surface area (Å²) in [7, 11) is 0. The van der Waals surface area contributed by atoms with E-state index in [-0.39, 0.29) is 46.7 Å². The van der Waals surface area contributed by atoms with E-state index in [2.05, 4.69) is 40.3 Å². The van der Waals surface area contributed by atoms with E-state index in [0.29, 0.717) is 11.7 Å². The van der Waals surface area contributed by atoms with E-state index in [1.165, 1.54) is 28.4 Å². The third-order valence-corrected chi connectivity index (χ3v) is 11.7. The number of fused-ring (bicyclic) bond motifs is 1. The maximum absolute atomic E-state index is 13.3. The highest BCUT2D eigenvalue weighted by atomic mass is 32.2. The average Bonchev–Trinajstić information content (AvgIpc) is 3.83. The Morgan fingerprint density at radius 1 is 1.24 bits per heavy atom. The van der Waals surface area contributed by atoms with Gasteiger partial charge in [0.1, 0.15) is 22.9 Å². The number of amides is 2. The first-order valence-corrected chi connectivity index (χ1v) is 17.6. The Balaban J connectivity index is 1.05. The molecule has 4 N–H and O–H groups in total. The molecule has 0 aromatic carbocycles. The van der Waals surface area contributed by atoms with E-state index in [0.717, 1.165) is 76.5 Å². The van der Waals surface area contributed by atoms with Crippen LogP contribution in [0.25, 0.3) is 0 Å². The van der Waals surface area contributed by atoms with E-state index < -0.39 is 28.7 Å². The normalized spacial score (nSPS) is 26.0. The number of carboxylic acids is 1. The van der Waals surface area contributed by atoms with Gasteiger partial charge in [0, 0.05) is 55.8 Å². The Bertz CT molecular complexity index is 1410. The minimum absolute atomic E-state index is 0.00666. The number of nitrogens with zero attached hydrogens (tertiary/aromatic N) is 9. The first kappa shape index (κ1) is 31.9. The van der Waals surface area contributed by atoms with Gasteiger partial charge in [-0.15, -0.1) is 16.9 Å². The van der Waals surface area contributed by atoms with Crippen molar-refractivity contribution in [3.8, 4) is 0 Å². The Kier molecular flexibility index (Phi) is 10.0. The molecule has 1 aliphatic carbocycles. The van der Waals surface area contributed by atoms with Gasteiger partial charge in [-0.25, -0.2) is 4.68 Å². The molecule has 17 nitrogen and oxygen atoms in total. The lowest BCUT2D eigenvalue weighted by Gasteiger charge is -2.53. The predicted molar refractivity (Wildman–Crippen MR) is 165 cm³/mol. The number of ether oxygens (including phenoxy) is 1. The van der Waals surface area contributed by atoms with Crippen LogP contribution in [0.3, 0.4) is 0 Å². The van der Waals surface area contributed by atoms with Crippen LogP contribution in [-0.2, 0) is 30.5 Å². The summed E-state index contributed by atoms with van der Waals surface area (Å²) in [5.74, 6) is -1.58. The topological polar surface area (TPSA) is 216 Å². The fourth-order valence-electron chi connectivity index (χ4n) is 5.66. The molecular formula is C25H35N11O6S3. The van der Waals surface area contributed by atoms with Gasteiger partial charge in [0.05, 0.1) is 13.2 Å². The molecule has 4 fully saturated rings. The zero-order chi connectivity index (χ0) is 31.4. The summed E-state index contributed by atoms with van der Waals surface area (Å²) >= 11 is 3.52. The molecule has 0 spiro atoms. The molecule has 0 radical (unpaired) electrons. The highest BCUT2D eigenvalue weighted by Gasteiger charge is 2.57. The van der Waals surface area contributed by atoms with Crippen LogP contribution in [0, 0.1) is 5.41 Å². The van der Waals surface area contributed by atoms with Gasteiger partial charge in [-0.2, -0.15) is 9.36 Å². The molecular weight excluding hydrogens is 647 g/mol. The molecule has 3 saturated heterocycles. The van der Waals surface area contributed by atoms with E-state index in [1.807, 2.05) is 0 Å². The molecule has 4 aliphatic rings. The van der Waals surface area contributed by atoms with Crippen LogP contribution in [0.4, 0.5) is 5.13 Å². The third kappa shape index (κ3) is 7.18. The van der Waals surface area contributed by atoms with Gasteiger partial charge < -0.3 is 30.6 Å². The Morgan fingerprint density at radius 3 is 2.78 bits per heavy atom. The predicted octanol–water partition coefficient (Wildman–Crippen LogP) is -0.244. The molecule has 45 heavy (non-hydrogen) atoms. The van der Waals surface area contributed by atoms with Crippen molar-refractivity contribution < 1.29 is 29.1 Å². The molecule has 2 unspecified atom stereocenters. The number of hydrogen-bond acceptors (Lipinski definition) is 16. The number of nitrogens with two attached hydrogens (primary N) is 1. The maximum Gasteiger partial charge on any atom is 0.313 e. The van der Waals surface area contributed by atoms with Crippen LogP contribution in [0.5, 0.6) is 0 Å². The highest BCUT2D eigenvalue weighted by molar-refractivity contribution is 8.00. The van der Waals surface area contributed by atoms with Crippen molar-refractivity contribution in [3.63, 3.8) is 0 Å². The third-order valence-electron chi connectivity index (χ3n) is 8.27. The molecule has 2 aromatic rings. The lowest BCUT2D eigenvalue weighted by atomic mass is 9.89. The quantitative estimate of drug-likeness (QED) is 0.108. The minimum atomic E-state index is -1.22. The van der Waals surface area contributed by atoms with E-state index in [9.17, 15) is 19.5 Å².